The Kier molecular flexibility index (Phi) is 3.75. The Morgan fingerprint density at radius 3 is 2.76 bits per heavy atom. The Morgan fingerprint density at radius 2 is 2.24 bits per heavy atom. The molecule has 2 saturated heterocycles. The van der Waals surface area contributed by atoms with E-state index in [2.05, 4.69) is 5.32 Å². The van der Waals surface area contributed by atoms with Gasteiger partial charge < -0.3 is 20.4 Å². The SMILES string of the molecule is C[C@@H](O)[C@H]1C(=O)N2C(C(=O)O)=C(S[C@H]3CCNC3)[C@H](C)[C@@H]12. The second-order valence-corrected chi connectivity index (χ2v) is 7.35. The molecule has 116 valence electrons. The predicted molar refractivity (Wildman–Crippen MR) is 78.5 cm³/mol. The highest BCUT2D eigenvalue weighted by Gasteiger charge is 2.60. The molecular formula is C14H20N2O4S. The van der Waals surface area contributed by atoms with Crippen LogP contribution >= 0.6 is 11.8 Å². The van der Waals surface area contributed by atoms with Crippen molar-refractivity contribution < 1.29 is 19.8 Å². The van der Waals surface area contributed by atoms with Crippen LogP contribution in [0, 0.1) is 11.8 Å². The number of aliphatic hydroxyl groups excluding tert-OH is 1. The summed E-state index contributed by atoms with van der Waals surface area (Å²) in [5.74, 6) is -1.82. The number of hydrogen-bond acceptors (Lipinski definition) is 5. The molecule has 3 aliphatic heterocycles. The van der Waals surface area contributed by atoms with Gasteiger partial charge in [0.05, 0.1) is 18.1 Å². The first-order chi connectivity index (χ1) is 9.93. The Hall–Kier alpha value is -1.05. The molecule has 0 aromatic heterocycles. The third-order valence-electron chi connectivity index (χ3n) is 4.62. The van der Waals surface area contributed by atoms with Crippen molar-refractivity contribution in [3.8, 4) is 0 Å². The third kappa shape index (κ3) is 2.18. The van der Waals surface area contributed by atoms with Gasteiger partial charge in [-0.05, 0) is 19.9 Å². The van der Waals surface area contributed by atoms with Gasteiger partial charge in [0.2, 0.25) is 5.91 Å². The first kappa shape index (κ1) is 14.9. The second-order valence-electron chi connectivity index (χ2n) is 6.00. The molecule has 3 N–H and O–H groups in total. The maximum absolute atomic E-state index is 12.2. The van der Waals surface area contributed by atoms with Crippen LogP contribution in [0.15, 0.2) is 10.6 Å². The Morgan fingerprint density at radius 1 is 1.52 bits per heavy atom. The van der Waals surface area contributed by atoms with Crippen LogP contribution in [0.5, 0.6) is 0 Å². The zero-order valence-electron chi connectivity index (χ0n) is 12.1. The Balaban J connectivity index is 1.89. The molecule has 0 aliphatic carbocycles. The van der Waals surface area contributed by atoms with Crippen LogP contribution in [0.3, 0.4) is 0 Å². The van der Waals surface area contributed by atoms with E-state index < -0.39 is 18.0 Å². The lowest BCUT2D eigenvalue weighted by Crippen LogP contribution is -2.63. The summed E-state index contributed by atoms with van der Waals surface area (Å²) in [5, 5.41) is 22.9. The molecule has 2 fully saturated rings. The van der Waals surface area contributed by atoms with E-state index in [9.17, 15) is 19.8 Å². The summed E-state index contributed by atoms with van der Waals surface area (Å²) in [6.07, 6.45) is 0.264. The van der Waals surface area contributed by atoms with Crippen LogP contribution in [-0.4, -0.2) is 57.5 Å². The van der Waals surface area contributed by atoms with Gasteiger partial charge in [-0.3, -0.25) is 4.79 Å². The van der Waals surface area contributed by atoms with Crippen molar-refractivity contribution >= 4 is 23.6 Å². The number of carbonyl (C=O) groups is 2. The van der Waals surface area contributed by atoms with E-state index in [0.29, 0.717) is 5.25 Å². The van der Waals surface area contributed by atoms with Gasteiger partial charge in [0.15, 0.2) is 0 Å². The number of aliphatic hydroxyl groups is 1. The minimum absolute atomic E-state index is 0.0287. The molecular weight excluding hydrogens is 292 g/mol. The molecule has 0 aromatic rings. The average Bonchev–Trinajstić information content (AvgIpc) is 2.97. The van der Waals surface area contributed by atoms with Crippen molar-refractivity contribution in [2.24, 2.45) is 11.8 Å². The lowest BCUT2D eigenvalue weighted by atomic mass is 9.79. The van der Waals surface area contributed by atoms with Gasteiger partial charge in [-0.15, -0.1) is 11.8 Å². The summed E-state index contributed by atoms with van der Waals surface area (Å²) < 4.78 is 0. The molecule has 0 aromatic carbocycles. The topological polar surface area (TPSA) is 89.9 Å². The third-order valence-corrected chi connectivity index (χ3v) is 6.17. The summed E-state index contributed by atoms with van der Waals surface area (Å²) in [4.78, 5) is 25.9. The van der Waals surface area contributed by atoms with Crippen molar-refractivity contribution in [3.63, 3.8) is 0 Å². The lowest BCUT2D eigenvalue weighted by molar-refractivity contribution is -0.163. The highest BCUT2D eigenvalue weighted by atomic mass is 32.2. The molecule has 0 unspecified atom stereocenters. The zero-order valence-corrected chi connectivity index (χ0v) is 12.9. The number of carboxylic acids is 1. The number of carboxylic acid groups (broad SMARTS) is 1. The predicted octanol–water partition coefficient (Wildman–Crippen LogP) is 0.235. The van der Waals surface area contributed by atoms with Crippen molar-refractivity contribution in [1.29, 1.82) is 0 Å². The van der Waals surface area contributed by atoms with Crippen molar-refractivity contribution in [1.82, 2.24) is 10.2 Å². The van der Waals surface area contributed by atoms with Gasteiger partial charge in [-0.25, -0.2) is 4.79 Å². The van der Waals surface area contributed by atoms with Crippen LogP contribution in [0.1, 0.15) is 20.3 Å². The van der Waals surface area contributed by atoms with Crippen molar-refractivity contribution in [2.45, 2.75) is 37.7 Å². The van der Waals surface area contributed by atoms with E-state index in [-0.39, 0.29) is 23.6 Å². The minimum atomic E-state index is -1.05. The van der Waals surface area contributed by atoms with Gasteiger partial charge in [0, 0.05) is 22.6 Å². The normalized spacial score (nSPS) is 36.7. The molecule has 3 aliphatic rings. The van der Waals surface area contributed by atoms with Crippen molar-refractivity contribution in [2.75, 3.05) is 13.1 Å². The maximum atomic E-state index is 12.2. The van der Waals surface area contributed by atoms with Crippen LogP contribution < -0.4 is 5.32 Å². The summed E-state index contributed by atoms with van der Waals surface area (Å²) in [6, 6.07) is -0.208. The highest BCUT2D eigenvalue weighted by Crippen LogP contribution is 2.51. The van der Waals surface area contributed by atoms with Crippen LogP contribution in [0.25, 0.3) is 0 Å². The molecule has 5 atom stereocenters. The molecule has 3 heterocycles. The quantitative estimate of drug-likeness (QED) is 0.644. The lowest BCUT2D eigenvalue weighted by Gasteiger charge is -2.46. The molecule has 3 rings (SSSR count). The number of hydrogen-bond donors (Lipinski definition) is 3. The fraction of sp³-hybridized carbons (Fsp3) is 0.714. The highest BCUT2D eigenvalue weighted by molar-refractivity contribution is 8.03. The number of amides is 1. The van der Waals surface area contributed by atoms with Gasteiger partial charge >= 0.3 is 5.97 Å². The summed E-state index contributed by atoms with van der Waals surface area (Å²) in [7, 11) is 0. The van der Waals surface area contributed by atoms with E-state index >= 15 is 0 Å². The molecule has 0 saturated carbocycles. The standard InChI is InChI=1S/C14H20N2O4S/c1-6-10-9(7(2)17)13(18)16(10)11(14(19)20)12(6)21-8-3-4-15-5-8/h6-10,15,17H,3-5H2,1-2H3,(H,19,20)/t6-,7-,8+,9-,10+/m1/s1. The first-order valence-corrected chi connectivity index (χ1v) is 8.17. The summed E-state index contributed by atoms with van der Waals surface area (Å²) in [6.45, 7) is 5.37. The van der Waals surface area contributed by atoms with Crippen LogP contribution in [0.2, 0.25) is 0 Å². The molecule has 0 bridgehead atoms. The monoisotopic (exact) mass is 312 g/mol. The average molecular weight is 312 g/mol. The number of aliphatic carboxylic acids is 1. The van der Waals surface area contributed by atoms with Gasteiger partial charge in [0.25, 0.3) is 0 Å². The molecule has 21 heavy (non-hydrogen) atoms. The largest absolute Gasteiger partial charge is 0.477 e. The Labute approximate surface area is 127 Å². The van der Waals surface area contributed by atoms with Gasteiger partial charge in [0.1, 0.15) is 5.70 Å². The molecule has 7 heteroatoms. The van der Waals surface area contributed by atoms with E-state index in [1.807, 2.05) is 6.92 Å². The summed E-state index contributed by atoms with van der Waals surface area (Å²) in [5.41, 5.74) is 0.131. The number of β-lactam (4-membered cyclic amide) rings is 1. The minimum Gasteiger partial charge on any atom is -0.477 e. The number of fused-ring (bicyclic) bond motifs is 1. The second kappa shape index (κ2) is 5.30. The number of nitrogens with one attached hydrogen (secondary N) is 1. The molecule has 0 spiro atoms. The summed E-state index contributed by atoms with van der Waals surface area (Å²) >= 11 is 1.58. The maximum Gasteiger partial charge on any atom is 0.353 e. The molecule has 6 nitrogen and oxygen atoms in total. The van der Waals surface area contributed by atoms with E-state index in [4.69, 9.17) is 0 Å². The fourth-order valence-corrected chi connectivity index (χ4v) is 5.03. The number of thioether (sulfide) groups is 1. The van der Waals surface area contributed by atoms with Gasteiger partial charge in [-0.1, -0.05) is 6.92 Å². The smallest absolute Gasteiger partial charge is 0.353 e. The van der Waals surface area contributed by atoms with E-state index in [0.717, 1.165) is 24.4 Å². The number of nitrogens with zero attached hydrogens (tertiary/aromatic N) is 1. The zero-order chi connectivity index (χ0) is 15.3. The van der Waals surface area contributed by atoms with Crippen LogP contribution in [-0.2, 0) is 9.59 Å². The van der Waals surface area contributed by atoms with Crippen LogP contribution in [0.4, 0.5) is 0 Å². The number of carbonyl (C=O) groups excluding carboxylic acids is 1. The van der Waals surface area contributed by atoms with E-state index in [1.165, 1.54) is 4.90 Å². The molecule has 0 radical (unpaired) electrons. The molecule has 1 amide bonds. The van der Waals surface area contributed by atoms with E-state index in [1.54, 1.807) is 18.7 Å². The fourth-order valence-electron chi connectivity index (χ4n) is 3.59. The van der Waals surface area contributed by atoms with Gasteiger partial charge in [-0.2, -0.15) is 0 Å². The first-order valence-electron chi connectivity index (χ1n) is 7.29. The number of rotatable bonds is 4. The Bertz CT molecular complexity index is 513. The van der Waals surface area contributed by atoms with Crippen molar-refractivity contribution in [3.05, 3.63) is 10.6 Å².